The predicted octanol–water partition coefficient (Wildman–Crippen LogP) is 3.29. The van der Waals surface area contributed by atoms with Crippen LogP contribution in [0.2, 0.25) is 0 Å². The number of hydrogen-bond acceptors (Lipinski definition) is 3. The number of hydrogen-bond donors (Lipinski definition) is 2. The largest absolute Gasteiger partial charge is 0.467 e. The summed E-state index contributed by atoms with van der Waals surface area (Å²) in [6.45, 7) is 0.379. The van der Waals surface area contributed by atoms with Gasteiger partial charge in [0.1, 0.15) is 11.9 Å². The van der Waals surface area contributed by atoms with Crippen molar-refractivity contribution in [2.45, 2.75) is 12.5 Å². The third-order valence-electron chi connectivity index (χ3n) is 3.61. The highest BCUT2D eigenvalue weighted by molar-refractivity contribution is 6.06. The molecule has 0 aliphatic rings. The van der Waals surface area contributed by atoms with Gasteiger partial charge in [0.15, 0.2) is 0 Å². The van der Waals surface area contributed by atoms with E-state index in [4.69, 9.17) is 4.42 Å². The van der Waals surface area contributed by atoms with Gasteiger partial charge in [-0.1, -0.05) is 36.4 Å². The van der Waals surface area contributed by atoms with Crippen LogP contribution in [0.1, 0.15) is 28.6 Å². The molecule has 112 valence electrons. The zero-order valence-electron chi connectivity index (χ0n) is 12.0. The van der Waals surface area contributed by atoms with Crippen LogP contribution in [0.5, 0.6) is 0 Å². The van der Waals surface area contributed by atoms with Gasteiger partial charge in [-0.2, -0.15) is 0 Å². The zero-order valence-corrected chi connectivity index (χ0v) is 12.0. The molecule has 0 radical (unpaired) electrons. The molecule has 0 aliphatic carbocycles. The van der Waals surface area contributed by atoms with Gasteiger partial charge in [-0.3, -0.25) is 4.79 Å². The summed E-state index contributed by atoms with van der Waals surface area (Å²) in [6, 6.07) is 16.9. The molecule has 2 aromatic carbocycles. The van der Waals surface area contributed by atoms with E-state index in [1.807, 2.05) is 36.4 Å². The molecule has 1 atom stereocenters. The molecular weight excluding hydrogens is 278 g/mol. The second-order valence-corrected chi connectivity index (χ2v) is 5.10. The van der Waals surface area contributed by atoms with Gasteiger partial charge in [0.2, 0.25) is 0 Å². The lowest BCUT2D eigenvalue weighted by Gasteiger charge is -2.10. The van der Waals surface area contributed by atoms with Gasteiger partial charge in [0.25, 0.3) is 5.91 Å². The highest BCUT2D eigenvalue weighted by atomic mass is 16.4. The van der Waals surface area contributed by atoms with Crippen LogP contribution in [0.3, 0.4) is 0 Å². The van der Waals surface area contributed by atoms with E-state index in [0.29, 0.717) is 24.3 Å². The van der Waals surface area contributed by atoms with E-state index in [1.54, 1.807) is 18.2 Å². The lowest BCUT2D eigenvalue weighted by Crippen LogP contribution is -2.25. The van der Waals surface area contributed by atoms with Gasteiger partial charge in [-0.25, -0.2) is 0 Å². The summed E-state index contributed by atoms with van der Waals surface area (Å²) in [4.78, 5) is 12.3. The zero-order chi connectivity index (χ0) is 15.4. The molecule has 0 bridgehead atoms. The summed E-state index contributed by atoms with van der Waals surface area (Å²) in [6.07, 6.45) is 1.22. The average Bonchev–Trinajstić information content (AvgIpc) is 3.08. The molecule has 0 aliphatic heterocycles. The molecule has 0 spiro atoms. The number of carbonyl (C=O) groups excluding carboxylic acids is 1. The number of benzene rings is 2. The molecule has 22 heavy (non-hydrogen) atoms. The molecule has 1 heterocycles. The number of amides is 1. The smallest absolute Gasteiger partial charge is 0.251 e. The van der Waals surface area contributed by atoms with Crippen molar-refractivity contribution in [2.75, 3.05) is 6.54 Å². The summed E-state index contributed by atoms with van der Waals surface area (Å²) in [5, 5.41) is 14.7. The fourth-order valence-electron chi connectivity index (χ4n) is 2.46. The lowest BCUT2D eigenvalue weighted by atomic mass is 10.0. The number of aliphatic hydroxyl groups is 1. The van der Waals surface area contributed by atoms with Crippen molar-refractivity contribution in [3.05, 3.63) is 72.2 Å². The van der Waals surface area contributed by atoms with E-state index in [0.717, 1.165) is 10.8 Å². The Labute approximate surface area is 128 Å². The standard InChI is InChI=1S/C18H17NO3/c20-16(17-9-4-12-22-17)10-11-19-18(21)15-8-3-6-13-5-1-2-7-14(13)15/h1-9,12,16,20H,10-11H2,(H,19,21). The summed E-state index contributed by atoms with van der Waals surface area (Å²) in [5.41, 5.74) is 0.644. The topological polar surface area (TPSA) is 62.5 Å². The van der Waals surface area contributed by atoms with Crippen LogP contribution in [-0.2, 0) is 0 Å². The van der Waals surface area contributed by atoms with Crippen molar-refractivity contribution in [3.8, 4) is 0 Å². The maximum Gasteiger partial charge on any atom is 0.251 e. The summed E-state index contributed by atoms with van der Waals surface area (Å²) < 4.78 is 5.13. The van der Waals surface area contributed by atoms with Gasteiger partial charge < -0.3 is 14.8 Å². The van der Waals surface area contributed by atoms with E-state index in [1.165, 1.54) is 6.26 Å². The number of fused-ring (bicyclic) bond motifs is 1. The fourth-order valence-corrected chi connectivity index (χ4v) is 2.46. The molecule has 1 amide bonds. The normalized spacial score (nSPS) is 12.2. The molecule has 4 heteroatoms. The first kappa shape index (κ1) is 14.4. The van der Waals surface area contributed by atoms with Crippen LogP contribution >= 0.6 is 0 Å². The van der Waals surface area contributed by atoms with Gasteiger partial charge in [0, 0.05) is 12.1 Å². The third kappa shape index (κ3) is 3.02. The first-order valence-corrected chi connectivity index (χ1v) is 7.23. The Hall–Kier alpha value is -2.59. The second kappa shape index (κ2) is 6.45. The van der Waals surface area contributed by atoms with Crippen molar-refractivity contribution in [2.24, 2.45) is 0 Å². The molecule has 4 nitrogen and oxygen atoms in total. The van der Waals surface area contributed by atoms with Crippen LogP contribution in [0, 0.1) is 0 Å². The van der Waals surface area contributed by atoms with Gasteiger partial charge in [-0.15, -0.1) is 0 Å². The summed E-state index contributed by atoms with van der Waals surface area (Å²) in [5.74, 6) is 0.378. The molecule has 0 saturated heterocycles. The van der Waals surface area contributed by atoms with Crippen molar-refractivity contribution in [1.29, 1.82) is 0 Å². The van der Waals surface area contributed by atoms with E-state index in [2.05, 4.69) is 5.32 Å². The number of nitrogens with one attached hydrogen (secondary N) is 1. The Kier molecular flexibility index (Phi) is 4.21. The number of carbonyl (C=O) groups is 1. The van der Waals surface area contributed by atoms with Gasteiger partial charge >= 0.3 is 0 Å². The van der Waals surface area contributed by atoms with Gasteiger partial charge in [0.05, 0.1) is 6.26 Å². The highest BCUT2D eigenvalue weighted by Gasteiger charge is 2.12. The minimum absolute atomic E-state index is 0.136. The van der Waals surface area contributed by atoms with Crippen molar-refractivity contribution >= 4 is 16.7 Å². The lowest BCUT2D eigenvalue weighted by molar-refractivity contribution is 0.0937. The molecule has 1 aromatic heterocycles. The van der Waals surface area contributed by atoms with Crippen molar-refractivity contribution in [3.63, 3.8) is 0 Å². The summed E-state index contributed by atoms with van der Waals surface area (Å²) >= 11 is 0. The Balaban J connectivity index is 1.64. The SMILES string of the molecule is O=C(NCCC(O)c1ccco1)c1cccc2ccccc12. The van der Waals surface area contributed by atoms with Gasteiger partial charge in [-0.05, 0) is 35.4 Å². The number of furan rings is 1. The molecule has 3 aromatic rings. The third-order valence-corrected chi connectivity index (χ3v) is 3.61. The Bertz CT molecular complexity index is 760. The molecule has 3 rings (SSSR count). The fraction of sp³-hybridized carbons (Fsp3) is 0.167. The molecule has 2 N–H and O–H groups in total. The van der Waals surface area contributed by atoms with E-state index in [9.17, 15) is 9.90 Å². The minimum Gasteiger partial charge on any atom is -0.467 e. The molecule has 1 unspecified atom stereocenters. The second-order valence-electron chi connectivity index (χ2n) is 5.10. The number of aliphatic hydroxyl groups excluding tert-OH is 1. The van der Waals surface area contributed by atoms with Crippen LogP contribution in [0.15, 0.2) is 65.3 Å². The molecule has 0 fully saturated rings. The quantitative estimate of drug-likeness (QED) is 0.759. The van der Waals surface area contributed by atoms with Crippen LogP contribution in [0.4, 0.5) is 0 Å². The average molecular weight is 295 g/mol. The maximum absolute atomic E-state index is 12.3. The van der Waals surface area contributed by atoms with E-state index < -0.39 is 6.10 Å². The molecule has 0 saturated carbocycles. The van der Waals surface area contributed by atoms with E-state index in [-0.39, 0.29) is 5.91 Å². The minimum atomic E-state index is -0.706. The number of rotatable bonds is 5. The maximum atomic E-state index is 12.3. The molecular formula is C18H17NO3. The Morgan fingerprint density at radius 1 is 1.09 bits per heavy atom. The van der Waals surface area contributed by atoms with E-state index >= 15 is 0 Å². The van der Waals surface area contributed by atoms with Crippen LogP contribution in [0.25, 0.3) is 10.8 Å². The van der Waals surface area contributed by atoms with Crippen molar-refractivity contribution < 1.29 is 14.3 Å². The monoisotopic (exact) mass is 295 g/mol. The predicted molar refractivity (Wildman–Crippen MR) is 84.6 cm³/mol. The highest BCUT2D eigenvalue weighted by Crippen LogP contribution is 2.19. The Morgan fingerprint density at radius 3 is 2.73 bits per heavy atom. The van der Waals surface area contributed by atoms with Crippen LogP contribution < -0.4 is 5.32 Å². The van der Waals surface area contributed by atoms with Crippen LogP contribution in [-0.4, -0.2) is 17.6 Å². The first-order chi connectivity index (χ1) is 10.8. The first-order valence-electron chi connectivity index (χ1n) is 7.23. The Morgan fingerprint density at radius 2 is 1.91 bits per heavy atom. The summed E-state index contributed by atoms with van der Waals surface area (Å²) in [7, 11) is 0. The van der Waals surface area contributed by atoms with Crippen molar-refractivity contribution in [1.82, 2.24) is 5.32 Å².